The summed E-state index contributed by atoms with van der Waals surface area (Å²) in [6.45, 7) is 0. The van der Waals surface area contributed by atoms with Gasteiger partial charge in [0.1, 0.15) is 11.9 Å². The molecule has 1 aliphatic rings. The van der Waals surface area contributed by atoms with E-state index in [9.17, 15) is 4.39 Å². The first-order valence-electron chi connectivity index (χ1n) is 5.07. The number of methoxy groups -OCH3 is 1. The standard InChI is InChI=1S/C13H12BrFO/c1-16-12-8-3-2-5-9(12)13-10(14)6-4-7-11(13)15/h2-6,8,11H,7H2,1H3. The predicted molar refractivity (Wildman–Crippen MR) is 67.5 cm³/mol. The van der Waals surface area contributed by atoms with Crippen molar-refractivity contribution in [2.45, 2.75) is 12.6 Å². The minimum absolute atomic E-state index is 0.419. The smallest absolute Gasteiger partial charge is 0.130 e. The Hall–Kier alpha value is -1.09. The van der Waals surface area contributed by atoms with Gasteiger partial charge in [-0.3, -0.25) is 0 Å². The largest absolute Gasteiger partial charge is 0.496 e. The lowest BCUT2D eigenvalue weighted by atomic mass is 9.95. The SMILES string of the molecule is COc1ccccc1C1=C(Br)C=CCC1F. The Morgan fingerprint density at radius 2 is 2.12 bits per heavy atom. The molecule has 0 saturated carbocycles. The van der Waals surface area contributed by atoms with E-state index in [0.717, 1.165) is 10.0 Å². The van der Waals surface area contributed by atoms with E-state index >= 15 is 0 Å². The second-order valence-electron chi connectivity index (χ2n) is 3.57. The Morgan fingerprint density at radius 1 is 1.38 bits per heavy atom. The third-order valence-corrected chi connectivity index (χ3v) is 3.27. The lowest BCUT2D eigenvalue weighted by Crippen LogP contribution is -2.08. The highest BCUT2D eigenvalue weighted by molar-refractivity contribution is 9.12. The van der Waals surface area contributed by atoms with Gasteiger partial charge in [-0.1, -0.05) is 46.3 Å². The average Bonchev–Trinajstić information content (AvgIpc) is 2.29. The van der Waals surface area contributed by atoms with Crippen LogP contribution in [0, 0.1) is 0 Å². The molecule has 0 spiro atoms. The van der Waals surface area contributed by atoms with Gasteiger partial charge < -0.3 is 4.74 Å². The Morgan fingerprint density at radius 3 is 2.81 bits per heavy atom. The summed E-state index contributed by atoms with van der Waals surface area (Å²) in [5.41, 5.74) is 1.48. The van der Waals surface area contributed by atoms with Crippen LogP contribution in [-0.2, 0) is 0 Å². The van der Waals surface area contributed by atoms with Crippen LogP contribution < -0.4 is 4.74 Å². The lowest BCUT2D eigenvalue weighted by Gasteiger charge is -2.19. The van der Waals surface area contributed by atoms with Gasteiger partial charge in [-0.2, -0.15) is 0 Å². The molecule has 1 unspecified atom stereocenters. The number of rotatable bonds is 2. The fraction of sp³-hybridized carbons (Fsp3) is 0.231. The van der Waals surface area contributed by atoms with Crippen LogP contribution in [-0.4, -0.2) is 13.3 Å². The van der Waals surface area contributed by atoms with Crippen LogP contribution in [0.4, 0.5) is 4.39 Å². The van der Waals surface area contributed by atoms with Gasteiger partial charge in [-0.05, 0) is 6.07 Å². The van der Waals surface area contributed by atoms with Crippen molar-refractivity contribution in [2.75, 3.05) is 7.11 Å². The van der Waals surface area contributed by atoms with E-state index in [-0.39, 0.29) is 0 Å². The molecule has 16 heavy (non-hydrogen) atoms. The molecule has 2 rings (SSSR count). The zero-order valence-electron chi connectivity index (χ0n) is 8.91. The molecule has 0 radical (unpaired) electrons. The van der Waals surface area contributed by atoms with E-state index < -0.39 is 6.17 Å². The van der Waals surface area contributed by atoms with Crippen LogP contribution in [0.5, 0.6) is 5.75 Å². The second-order valence-corrected chi connectivity index (χ2v) is 4.42. The lowest BCUT2D eigenvalue weighted by molar-refractivity contribution is 0.400. The van der Waals surface area contributed by atoms with Gasteiger partial charge in [-0.15, -0.1) is 0 Å². The molecule has 1 aliphatic carbocycles. The molecule has 0 aromatic heterocycles. The van der Waals surface area contributed by atoms with Gasteiger partial charge in [-0.25, -0.2) is 4.39 Å². The van der Waals surface area contributed by atoms with Crippen LogP contribution in [0.1, 0.15) is 12.0 Å². The van der Waals surface area contributed by atoms with Crippen molar-refractivity contribution < 1.29 is 9.13 Å². The number of ether oxygens (including phenoxy) is 1. The molecule has 1 aromatic rings. The number of halogens is 2. The van der Waals surface area contributed by atoms with E-state index in [4.69, 9.17) is 4.74 Å². The average molecular weight is 283 g/mol. The number of hydrogen-bond donors (Lipinski definition) is 0. The van der Waals surface area contributed by atoms with Crippen LogP contribution in [0.2, 0.25) is 0 Å². The second kappa shape index (κ2) is 4.83. The van der Waals surface area contributed by atoms with Gasteiger partial charge in [0.05, 0.1) is 7.11 Å². The molecular formula is C13H12BrFO. The molecule has 1 aromatic carbocycles. The minimum Gasteiger partial charge on any atom is -0.496 e. The Balaban J connectivity index is 2.54. The summed E-state index contributed by atoms with van der Waals surface area (Å²) in [5, 5.41) is 0. The van der Waals surface area contributed by atoms with Crippen molar-refractivity contribution in [2.24, 2.45) is 0 Å². The Labute approximate surface area is 103 Å². The number of alkyl halides is 1. The zero-order chi connectivity index (χ0) is 11.5. The van der Waals surface area contributed by atoms with E-state index in [1.807, 2.05) is 36.4 Å². The molecule has 0 fully saturated rings. The van der Waals surface area contributed by atoms with E-state index in [0.29, 0.717) is 17.7 Å². The molecular weight excluding hydrogens is 271 g/mol. The van der Waals surface area contributed by atoms with Crippen molar-refractivity contribution in [3.8, 4) is 5.75 Å². The van der Waals surface area contributed by atoms with Crippen LogP contribution in [0.15, 0.2) is 40.9 Å². The van der Waals surface area contributed by atoms with Gasteiger partial charge in [0.15, 0.2) is 0 Å². The van der Waals surface area contributed by atoms with E-state index in [1.54, 1.807) is 7.11 Å². The molecule has 84 valence electrons. The van der Waals surface area contributed by atoms with Crippen LogP contribution in [0.25, 0.3) is 5.57 Å². The molecule has 1 nitrogen and oxygen atoms in total. The fourth-order valence-electron chi connectivity index (χ4n) is 1.81. The summed E-state index contributed by atoms with van der Waals surface area (Å²) < 4.78 is 19.9. The maximum atomic E-state index is 13.9. The van der Waals surface area contributed by atoms with Gasteiger partial charge >= 0.3 is 0 Å². The molecule has 0 saturated heterocycles. The van der Waals surface area contributed by atoms with Gasteiger partial charge in [0, 0.05) is 22.0 Å². The summed E-state index contributed by atoms with van der Waals surface area (Å²) >= 11 is 3.39. The van der Waals surface area contributed by atoms with Crippen molar-refractivity contribution in [3.63, 3.8) is 0 Å². The van der Waals surface area contributed by atoms with Gasteiger partial charge in [0.25, 0.3) is 0 Å². The highest BCUT2D eigenvalue weighted by Crippen LogP contribution is 2.37. The first kappa shape index (κ1) is 11.4. The maximum absolute atomic E-state index is 13.9. The summed E-state index contributed by atoms with van der Waals surface area (Å²) in [4.78, 5) is 0. The van der Waals surface area contributed by atoms with Crippen LogP contribution >= 0.6 is 15.9 Å². The van der Waals surface area contributed by atoms with Crippen molar-refractivity contribution in [3.05, 3.63) is 46.5 Å². The summed E-state index contributed by atoms with van der Waals surface area (Å²) in [6, 6.07) is 7.48. The highest BCUT2D eigenvalue weighted by Gasteiger charge is 2.22. The number of hydrogen-bond acceptors (Lipinski definition) is 1. The maximum Gasteiger partial charge on any atom is 0.130 e. The predicted octanol–water partition coefficient (Wildman–Crippen LogP) is 4.10. The molecule has 0 amide bonds. The molecule has 1 atom stereocenters. The molecule has 0 N–H and O–H groups in total. The summed E-state index contributed by atoms with van der Waals surface area (Å²) in [6.07, 6.45) is 3.16. The van der Waals surface area contributed by atoms with E-state index in [2.05, 4.69) is 15.9 Å². The third kappa shape index (κ3) is 2.05. The monoisotopic (exact) mass is 282 g/mol. The summed E-state index contributed by atoms with van der Waals surface area (Å²) in [7, 11) is 1.60. The molecule has 3 heteroatoms. The van der Waals surface area contributed by atoms with Gasteiger partial charge in [0.2, 0.25) is 0 Å². The quantitative estimate of drug-likeness (QED) is 0.794. The molecule has 0 heterocycles. The molecule has 0 aliphatic heterocycles. The number of para-hydroxylation sites is 1. The van der Waals surface area contributed by atoms with Crippen LogP contribution in [0.3, 0.4) is 0 Å². The topological polar surface area (TPSA) is 9.23 Å². The van der Waals surface area contributed by atoms with Crippen molar-refractivity contribution in [1.82, 2.24) is 0 Å². The zero-order valence-corrected chi connectivity index (χ0v) is 10.5. The van der Waals surface area contributed by atoms with Crippen molar-refractivity contribution in [1.29, 1.82) is 0 Å². The number of allylic oxidation sites excluding steroid dienone is 4. The number of benzene rings is 1. The molecule has 0 bridgehead atoms. The third-order valence-electron chi connectivity index (χ3n) is 2.57. The Bertz CT molecular complexity index is 451. The summed E-state index contributed by atoms with van der Waals surface area (Å²) in [5.74, 6) is 0.701. The fourth-order valence-corrected chi connectivity index (χ4v) is 2.46. The normalized spacial score (nSPS) is 20.1. The first-order valence-corrected chi connectivity index (χ1v) is 5.87. The Kier molecular flexibility index (Phi) is 3.44. The van der Waals surface area contributed by atoms with E-state index in [1.165, 1.54) is 0 Å². The first-order chi connectivity index (χ1) is 7.74. The van der Waals surface area contributed by atoms with Crippen molar-refractivity contribution >= 4 is 21.5 Å². The highest BCUT2D eigenvalue weighted by atomic mass is 79.9. The minimum atomic E-state index is -0.976.